The summed E-state index contributed by atoms with van der Waals surface area (Å²) < 4.78 is 18.5. The van der Waals surface area contributed by atoms with Gasteiger partial charge in [0.2, 0.25) is 0 Å². The van der Waals surface area contributed by atoms with Crippen molar-refractivity contribution in [3.63, 3.8) is 0 Å². The Morgan fingerprint density at radius 3 is 2.11 bits per heavy atom. The van der Waals surface area contributed by atoms with E-state index in [-0.39, 0.29) is 11.2 Å². The van der Waals surface area contributed by atoms with Gasteiger partial charge in [-0.1, -0.05) is 135 Å². The maximum Gasteiger partial charge on any atom is 0.133 e. The molecule has 1 heterocycles. The highest BCUT2D eigenvalue weighted by molar-refractivity contribution is 6.11. The fourth-order valence-corrected chi connectivity index (χ4v) is 8.97. The van der Waals surface area contributed by atoms with Crippen LogP contribution in [0, 0.1) is 5.82 Å². The third-order valence-electron chi connectivity index (χ3n) is 11.8. The number of aromatic nitrogens is 1. The van der Waals surface area contributed by atoms with Crippen LogP contribution in [0.4, 0.5) is 21.5 Å². The summed E-state index contributed by atoms with van der Waals surface area (Å²) >= 11 is 0. The molecule has 0 amide bonds. The first-order valence-electron chi connectivity index (χ1n) is 19.5. The molecule has 0 saturated carbocycles. The molecule has 0 atom stereocenters. The van der Waals surface area contributed by atoms with Crippen molar-refractivity contribution in [1.82, 2.24) is 4.57 Å². The first kappa shape index (κ1) is 33.8. The van der Waals surface area contributed by atoms with Crippen LogP contribution in [0.2, 0.25) is 0 Å². The molecule has 6 aromatic carbocycles. The van der Waals surface area contributed by atoms with Crippen molar-refractivity contribution in [1.29, 1.82) is 0 Å². The van der Waals surface area contributed by atoms with Gasteiger partial charge in [-0.25, -0.2) is 4.39 Å². The van der Waals surface area contributed by atoms with Crippen molar-refractivity contribution >= 4 is 50.1 Å². The predicted molar refractivity (Wildman–Crippen MR) is 235 cm³/mol. The fraction of sp³-hybridized carbons (Fsp3) is 0.0943. The number of para-hydroxylation sites is 1. The Hall–Kier alpha value is -6.71. The van der Waals surface area contributed by atoms with E-state index in [1.54, 1.807) is 6.07 Å². The van der Waals surface area contributed by atoms with Crippen molar-refractivity contribution in [3.8, 4) is 22.3 Å². The molecular weight excluding hydrogens is 684 g/mol. The number of anilines is 3. The number of benzene rings is 6. The standard InChI is InChI=1S/C53H41FN2/c1-53(2)48-21-12-6-11-19-44(48)45-31-29-41(34-49(45)53)55(42-28-30-43(50(54)35-42)37-15-7-5-8-16-37)40-26-23-36(24-27-40)38-25-32-52-47(33-38)46-20-13-14-22-51(46)56(52)39-17-9-3-4-10-18-39/h3-9,11-20,22-35H,10,21H2,1-2H3. The Morgan fingerprint density at radius 2 is 1.27 bits per heavy atom. The molecule has 2 nitrogen and oxygen atoms in total. The van der Waals surface area contributed by atoms with Crippen LogP contribution in [0.3, 0.4) is 0 Å². The van der Waals surface area contributed by atoms with Crippen LogP contribution in [0.5, 0.6) is 0 Å². The number of halogens is 1. The SMILES string of the molecule is CC1(C)C2=C(C=CC=CC2)c2ccc(N(c3ccc(-c4ccc5c(c4)c4ccccc4n5C4=CCC=CC=C4)cc3)c3ccc(-c4ccccc4)c(F)c3)cc21. The third kappa shape index (κ3) is 5.62. The molecule has 3 heteroatoms. The molecule has 0 fully saturated rings. The minimum Gasteiger partial charge on any atom is -0.310 e. The molecule has 0 aliphatic heterocycles. The molecule has 1 aromatic heterocycles. The first-order chi connectivity index (χ1) is 27.5. The smallest absolute Gasteiger partial charge is 0.133 e. The Morgan fingerprint density at radius 1 is 0.571 bits per heavy atom. The highest BCUT2D eigenvalue weighted by Crippen LogP contribution is 2.51. The summed E-state index contributed by atoms with van der Waals surface area (Å²) in [6.07, 6.45) is 21.5. The largest absolute Gasteiger partial charge is 0.310 e. The van der Waals surface area contributed by atoms with Gasteiger partial charge in [-0.05, 0) is 119 Å². The number of rotatable bonds is 6. The minimum atomic E-state index is -0.249. The number of nitrogens with zero attached hydrogens (tertiary/aromatic N) is 2. The topological polar surface area (TPSA) is 8.17 Å². The first-order valence-corrected chi connectivity index (χ1v) is 19.5. The van der Waals surface area contributed by atoms with Crippen LogP contribution in [-0.2, 0) is 5.41 Å². The molecule has 56 heavy (non-hydrogen) atoms. The highest BCUT2D eigenvalue weighted by atomic mass is 19.1. The van der Waals surface area contributed by atoms with E-state index in [0.29, 0.717) is 5.56 Å². The monoisotopic (exact) mass is 724 g/mol. The fourth-order valence-electron chi connectivity index (χ4n) is 8.97. The van der Waals surface area contributed by atoms with Gasteiger partial charge in [0.15, 0.2) is 0 Å². The molecule has 0 N–H and O–H groups in total. The van der Waals surface area contributed by atoms with Gasteiger partial charge < -0.3 is 9.47 Å². The lowest BCUT2D eigenvalue weighted by Crippen LogP contribution is -2.18. The molecule has 10 rings (SSSR count). The summed E-state index contributed by atoms with van der Waals surface area (Å²) in [6.45, 7) is 4.65. The second kappa shape index (κ2) is 13.5. The van der Waals surface area contributed by atoms with Gasteiger partial charge in [0.25, 0.3) is 0 Å². The second-order valence-electron chi connectivity index (χ2n) is 15.4. The zero-order valence-corrected chi connectivity index (χ0v) is 31.6. The molecule has 0 spiro atoms. The van der Waals surface area contributed by atoms with Gasteiger partial charge in [0.1, 0.15) is 5.82 Å². The van der Waals surface area contributed by atoms with Crippen LogP contribution >= 0.6 is 0 Å². The lowest BCUT2D eigenvalue weighted by molar-refractivity contribution is 0.626. The molecule has 7 aromatic rings. The average Bonchev–Trinajstić information content (AvgIpc) is 3.41. The number of allylic oxidation sites excluding steroid dienone is 12. The van der Waals surface area contributed by atoms with Crippen LogP contribution in [0.15, 0.2) is 194 Å². The van der Waals surface area contributed by atoms with Gasteiger partial charge in [-0.2, -0.15) is 0 Å². The highest BCUT2D eigenvalue weighted by Gasteiger charge is 2.37. The third-order valence-corrected chi connectivity index (χ3v) is 11.8. The zero-order valence-electron chi connectivity index (χ0n) is 31.6. The average molecular weight is 725 g/mol. The van der Waals surface area contributed by atoms with E-state index in [1.165, 1.54) is 49.8 Å². The van der Waals surface area contributed by atoms with Crippen molar-refractivity contribution < 1.29 is 4.39 Å². The van der Waals surface area contributed by atoms with E-state index >= 15 is 4.39 Å². The van der Waals surface area contributed by atoms with Crippen molar-refractivity contribution in [2.45, 2.75) is 32.1 Å². The van der Waals surface area contributed by atoms with Crippen LogP contribution in [-0.4, -0.2) is 4.57 Å². The Bertz CT molecular complexity index is 2870. The van der Waals surface area contributed by atoms with Gasteiger partial charge in [-0.3, -0.25) is 0 Å². The normalized spacial score (nSPS) is 15.5. The summed E-state index contributed by atoms with van der Waals surface area (Å²) in [5, 5.41) is 2.46. The van der Waals surface area contributed by atoms with E-state index in [4.69, 9.17) is 0 Å². The Balaban J connectivity index is 1.07. The molecule has 3 aliphatic carbocycles. The molecule has 0 radical (unpaired) electrons. The lowest BCUT2D eigenvalue weighted by Gasteiger charge is -2.29. The van der Waals surface area contributed by atoms with Crippen LogP contribution in [0.25, 0.3) is 55.3 Å². The maximum atomic E-state index is 16.1. The van der Waals surface area contributed by atoms with E-state index in [9.17, 15) is 0 Å². The van der Waals surface area contributed by atoms with E-state index in [2.05, 4.69) is 163 Å². The molecule has 3 aliphatic rings. The Kier molecular flexibility index (Phi) is 8.18. The summed E-state index contributed by atoms with van der Waals surface area (Å²) in [7, 11) is 0. The molecular formula is C53H41FN2. The lowest BCUT2D eigenvalue weighted by atomic mass is 9.79. The second-order valence-corrected chi connectivity index (χ2v) is 15.4. The van der Waals surface area contributed by atoms with Crippen molar-refractivity contribution in [3.05, 3.63) is 211 Å². The van der Waals surface area contributed by atoms with Gasteiger partial charge in [-0.15, -0.1) is 0 Å². The summed E-state index contributed by atoms with van der Waals surface area (Å²) in [4.78, 5) is 2.19. The molecule has 0 unspecified atom stereocenters. The predicted octanol–water partition coefficient (Wildman–Crippen LogP) is 14.7. The van der Waals surface area contributed by atoms with E-state index in [0.717, 1.165) is 46.6 Å². The Labute approximate surface area is 327 Å². The van der Waals surface area contributed by atoms with Gasteiger partial charge in [0.05, 0.1) is 11.0 Å². The van der Waals surface area contributed by atoms with Crippen LogP contribution in [0.1, 0.15) is 37.8 Å². The van der Waals surface area contributed by atoms with Gasteiger partial charge >= 0.3 is 0 Å². The van der Waals surface area contributed by atoms with Gasteiger partial charge in [0, 0.05) is 44.5 Å². The maximum absolute atomic E-state index is 16.1. The quantitative estimate of drug-likeness (QED) is 0.166. The molecule has 270 valence electrons. The molecule has 0 bridgehead atoms. The van der Waals surface area contributed by atoms with Crippen LogP contribution < -0.4 is 4.90 Å². The minimum absolute atomic E-state index is 0.140. The number of fused-ring (bicyclic) bond motifs is 5. The van der Waals surface area contributed by atoms with Crippen molar-refractivity contribution in [2.75, 3.05) is 4.90 Å². The zero-order chi connectivity index (χ0) is 37.8. The van der Waals surface area contributed by atoms with Crippen molar-refractivity contribution in [2.24, 2.45) is 0 Å². The van der Waals surface area contributed by atoms with E-state index in [1.807, 2.05) is 42.5 Å². The summed E-state index contributed by atoms with van der Waals surface area (Å²) in [5.74, 6) is -0.249. The number of hydrogen-bond donors (Lipinski definition) is 0. The number of hydrogen-bond acceptors (Lipinski definition) is 1. The van der Waals surface area contributed by atoms with E-state index < -0.39 is 0 Å². The summed E-state index contributed by atoms with van der Waals surface area (Å²) in [5.41, 5.74) is 15.2. The molecule has 0 saturated heterocycles. The summed E-state index contributed by atoms with van der Waals surface area (Å²) in [6, 6.07) is 46.3.